The molecule has 0 bridgehead atoms. The predicted octanol–water partition coefficient (Wildman–Crippen LogP) is 1.18. The number of hydrogen-bond acceptors (Lipinski definition) is 6. The average Bonchev–Trinajstić information content (AvgIpc) is 2.32. The molecule has 0 aromatic rings. The summed E-state index contributed by atoms with van der Waals surface area (Å²) >= 11 is 1.20. The third-order valence-electron chi connectivity index (χ3n) is 1.74. The summed E-state index contributed by atoms with van der Waals surface area (Å²) in [6, 6.07) is 0. The molecule has 1 aliphatic rings. The van der Waals surface area contributed by atoms with Gasteiger partial charge in [-0.1, -0.05) is 22.9 Å². The Morgan fingerprint density at radius 3 is 3.12 bits per heavy atom. The molecule has 1 rings (SSSR count). The van der Waals surface area contributed by atoms with Crippen molar-refractivity contribution in [1.29, 1.82) is 0 Å². The van der Waals surface area contributed by atoms with E-state index in [1.54, 1.807) is 13.0 Å². The van der Waals surface area contributed by atoms with Gasteiger partial charge in [-0.05, 0) is 6.92 Å². The second kappa shape index (κ2) is 6.79. The fourth-order valence-corrected chi connectivity index (χ4v) is 1.89. The van der Waals surface area contributed by atoms with Gasteiger partial charge in [0, 0.05) is 0 Å². The van der Waals surface area contributed by atoms with Gasteiger partial charge in [0.15, 0.2) is 5.71 Å². The van der Waals surface area contributed by atoms with Crippen LogP contribution in [0.1, 0.15) is 6.92 Å². The van der Waals surface area contributed by atoms with E-state index in [0.717, 1.165) is 0 Å². The van der Waals surface area contributed by atoms with Gasteiger partial charge in [-0.3, -0.25) is 0 Å². The summed E-state index contributed by atoms with van der Waals surface area (Å²) < 4.78 is 4.84. The van der Waals surface area contributed by atoms with Crippen LogP contribution in [0.2, 0.25) is 0 Å². The van der Waals surface area contributed by atoms with Crippen LogP contribution in [0, 0.1) is 4.91 Å². The summed E-state index contributed by atoms with van der Waals surface area (Å²) in [5.74, 6) is -0.159. The smallest absolute Gasteiger partial charge is 0.355 e. The minimum absolute atomic E-state index is 0.281. The summed E-state index contributed by atoms with van der Waals surface area (Å²) in [4.78, 5) is 21.6. The number of hydrogen-bond donors (Lipinski definition) is 0. The number of rotatable bonds is 5. The van der Waals surface area contributed by atoms with Crippen molar-refractivity contribution in [3.05, 3.63) is 17.6 Å². The fraction of sp³-hybridized carbons (Fsp3) is 0.444. The standard InChI is InChI=1S/C9H12N4O3S/c1-3-5-13-9(10-12-15)17-6-7(11-13)8(14)16-4-2/h3H,1,4-6H2,2H3/b10-9+. The molecule has 0 aromatic heterocycles. The molecule has 0 saturated carbocycles. The first-order chi connectivity index (χ1) is 8.22. The van der Waals surface area contributed by atoms with Crippen LogP contribution in [0.25, 0.3) is 0 Å². The Labute approximate surface area is 103 Å². The minimum Gasteiger partial charge on any atom is -0.461 e. The van der Waals surface area contributed by atoms with Crippen molar-refractivity contribution in [1.82, 2.24) is 5.01 Å². The van der Waals surface area contributed by atoms with Crippen LogP contribution in [0.4, 0.5) is 0 Å². The Balaban J connectivity index is 2.86. The van der Waals surface area contributed by atoms with Crippen LogP contribution < -0.4 is 0 Å². The Bertz CT molecular complexity index is 380. The first kappa shape index (κ1) is 13.4. The molecule has 0 fully saturated rings. The normalized spacial score (nSPS) is 17.6. The molecule has 17 heavy (non-hydrogen) atoms. The van der Waals surface area contributed by atoms with Gasteiger partial charge in [0.1, 0.15) is 0 Å². The van der Waals surface area contributed by atoms with Gasteiger partial charge in [0.2, 0.25) is 5.17 Å². The molecule has 0 radical (unpaired) electrons. The molecule has 1 aliphatic heterocycles. The van der Waals surface area contributed by atoms with Crippen molar-refractivity contribution in [3.8, 4) is 0 Å². The van der Waals surface area contributed by atoms with Gasteiger partial charge in [-0.2, -0.15) is 5.10 Å². The van der Waals surface area contributed by atoms with E-state index in [-0.39, 0.29) is 5.71 Å². The highest BCUT2D eigenvalue weighted by Gasteiger charge is 2.24. The summed E-state index contributed by atoms with van der Waals surface area (Å²) in [7, 11) is 0. The number of carbonyl (C=O) groups excluding carboxylic acids is 1. The molecule has 0 N–H and O–H groups in total. The van der Waals surface area contributed by atoms with Crippen LogP contribution >= 0.6 is 11.8 Å². The minimum atomic E-state index is -0.466. The van der Waals surface area contributed by atoms with Crippen molar-refractivity contribution >= 4 is 28.6 Å². The van der Waals surface area contributed by atoms with E-state index in [4.69, 9.17) is 4.74 Å². The molecule has 0 saturated heterocycles. The summed E-state index contributed by atoms with van der Waals surface area (Å²) in [6.45, 7) is 5.91. The molecule has 0 unspecified atom stereocenters. The highest BCUT2D eigenvalue weighted by molar-refractivity contribution is 8.14. The largest absolute Gasteiger partial charge is 0.461 e. The topological polar surface area (TPSA) is 83.7 Å². The number of esters is 1. The molecule has 0 amide bonds. The fourth-order valence-electron chi connectivity index (χ4n) is 1.10. The molecule has 0 aliphatic carbocycles. The van der Waals surface area contributed by atoms with Crippen molar-refractivity contribution in [2.75, 3.05) is 18.9 Å². The Hall–Kier alpha value is -1.70. The Morgan fingerprint density at radius 1 is 1.76 bits per heavy atom. The van der Waals surface area contributed by atoms with Crippen LogP contribution in [-0.2, 0) is 9.53 Å². The summed E-state index contributed by atoms with van der Waals surface area (Å²) in [5, 5.41) is 11.6. The van der Waals surface area contributed by atoms with Crippen LogP contribution in [0.3, 0.4) is 0 Å². The molecule has 8 heteroatoms. The maximum Gasteiger partial charge on any atom is 0.355 e. The van der Waals surface area contributed by atoms with E-state index < -0.39 is 5.97 Å². The second-order valence-electron chi connectivity index (χ2n) is 2.89. The highest BCUT2D eigenvalue weighted by Crippen LogP contribution is 2.17. The molecule has 92 valence electrons. The van der Waals surface area contributed by atoms with Gasteiger partial charge in [0.05, 0.1) is 24.2 Å². The number of hydrazone groups is 1. The Morgan fingerprint density at radius 2 is 2.53 bits per heavy atom. The molecule has 7 nitrogen and oxygen atoms in total. The van der Waals surface area contributed by atoms with E-state index in [1.807, 2.05) is 0 Å². The third kappa shape index (κ3) is 3.66. The van der Waals surface area contributed by atoms with E-state index >= 15 is 0 Å². The van der Waals surface area contributed by atoms with Crippen LogP contribution in [-0.4, -0.2) is 40.8 Å². The van der Waals surface area contributed by atoms with Gasteiger partial charge >= 0.3 is 5.97 Å². The van der Waals surface area contributed by atoms with Crippen molar-refractivity contribution < 1.29 is 9.53 Å². The predicted molar refractivity (Wildman–Crippen MR) is 66.7 cm³/mol. The van der Waals surface area contributed by atoms with Gasteiger partial charge < -0.3 is 4.74 Å². The van der Waals surface area contributed by atoms with Crippen molar-refractivity contribution in [2.45, 2.75) is 6.92 Å². The summed E-state index contributed by atoms with van der Waals surface area (Å²) in [5.41, 5.74) is 0.281. The lowest BCUT2D eigenvalue weighted by molar-refractivity contribution is -0.135. The molecule has 1 heterocycles. The lowest BCUT2D eigenvalue weighted by Gasteiger charge is -2.22. The first-order valence-corrected chi connectivity index (χ1v) is 5.87. The van der Waals surface area contributed by atoms with E-state index in [0.29, 0.717) is 24.1 Å². The van der Waals surface area contributed by atoms with Crippen molar-refractivity contribution in [2.24, 2.45) is 15.5 Å². The monoisotopic (exact) mass is 256 g/mol. The SMILES string of the molecule is C=CCN1N=C(C(=O)OCC)CS/C1=N/N=O. The Kier molecular flexibility index (Phi) is 5.34. The maximum absolute atomic E-state index is 11.5. The number of amidine groups is 1. The van der Waals surface area contributed by atoms with Crippen LogP contribution in [0.15, 0.2) is 28.1 Å². The van der Waals surface area contributed by atoms with E-state index in [2.05, 4.69) is 22.1 Å². The van der Waals surface area contributed by atoms with E-state index in [1.165, 1.54) is 16.8 Å². The van der Waals surface area contributed by atoms with Gasteiger partial charge in [0.25, 0.3) is 0 Å². The lowest BCUT2D eigenvalue weighted by atomic mass is 10.4. The zero-order valence-corrected chi connectivity index (χ0v) is 10.1. The number of nitrogens with zero attached hydrogens (tertiary/aromatic N) is 4. The highest BCUT2D eigenvalue weighted by atomic mass is 32.2. The molecule has 0 spiro atoms. The molecular formula is C9H12N4O3S. The zero-order chi connectivity index (χ0) is 12.7. The first-order valence-electron chi connectivity index (χ1n) is 4.89. The van der Waals surface area contributed by atoms with Gasteiger partial charge in [-0.15, -0.1) is 11.5 Å². The van der Waals surface area contributed by atoms with Gasteiger partial charge in [-0.25, -0.2) is 9.80 Å². The molecular weight excluding hydrogens is 244 g/mol. The number of nitroso groups, excluding NO2 is 1. The quantitative estimate of drug-likeness (QED) is 0.319. The summed E-state index contributed by atoms with van der Waals surface area (Å²) in [6.07, 6.45) is 1.58. The maximum atomic E-state index is 11.5. The number of carbonyl (C=O) groups is 1. The molecule has 0 atom stereocenters. The van der Waals surface area contributed by atoms with Crippen LogP contribution in [0.5, 0.6) is 0 Å². The number of ether oxygens (including phenoxy) is 1. The average molecular weight is 256 g/mol. The third-order valence-corrected chi connectivity index (χ3v) is 2.71. The lowest BCUT2D eigenvalue weighted by Crippen LogP contribution is -2.34. The zero-order valence-electron chi connectivity index (χ0n) is 9.33. The van der Waals surface area contributed by atoms with Crippen molar-refractivity contribution in [3.63, 3.8) is 0 Å². The van der Waals surface area contributed by atoms with E-state index in [9.17, 15) is 9.70 Å². The molecule has 0 aromatic carbocycles. The second-order valence-corrected chi connectivity index (χ2v) is 3.83. The number of thioether (sulfide) groups is 1.